The lowest BCUT2D eigenvalue weighted by molar-refractivity contribution is 0.165. The van der Waals surface area contributed by atoms with Gasteiger partial charge in [-0.1, -0.05) is 24.6 Å². The highest BCUT2D eigenvalue weighted by Gasteiger charge is 2.25. The number of thioether (sulfide) groups is 1. The van der Waals surface area contributed by atoms with Gasteiger partial charge in [0.05, 0.1) is 19.7 Å². The second kappa shape index (κ2) is 9.34. The Morgan fingerprint density at radius 3 is 2.60 bits per heavy atom. The Balaban J connectivity index is 1.78. The van der Waals surface area contributed by atoms with E-state index in [0.717, 1.165) is 43.4 Å². The Kier molecular flexibility index (Phi) is 6.87. The first-order valence-corrected chi connectivity index (χ1v) is 10.4. The third-order valence-corrected chi connectivity index (χ3v) is 6.03. The monoisotopic (exact) mass is 362 g/mol. The average Bonchev–Trinajstić information content (AvgIpc) is 2.70. The fraction of sp³-hybridized carbons (Fsp3) is 0.632. The Bertz CT molecular complexity index is 568. The summed E-state index contributed by atoms with van der Waals surface area (Å²) in [6.45, 7) is 4.94. The normalized spacial score (nSPS) is 21.2. The number of benzene rings is 1. The molecule has 0 bridgehead atoms. The summed E-state index contributed by atoms with van der Waals surface area (Å²) < 4.78 is 5.62. The van der Waals surface area contributed by atoms with Crippen molar-refractivity contribution in [3.8, 4) is 5.75 Å². The molecule has 2 saturated heterocycles. The fourth-order valence-electron chi connectivity index (χ4n) is 3.65. The van der Waals surface area contributed by atoms with Gasteiger partial charge in [0.25, 0.3) is 0 Å². The number of piperidine rings is 1. The molecule has 2 aliphatic heterocycles. The molecule has 0 radical (unpaired) electrons. The van der Waals surface area contributed by atoms with Gasteiger partial charge in [0.1, 0.15) is 5.75 Å². The fourth-order valence-corrected chi connectivity index (χ4v) is 4.56. The minimum atomic E-state index is 0.231. The molecular formula is C19H30N4OS. The van der Waals surface area contributed by atoms with Crippen LogP contribution in [-0.2, 0) is 0 Å². The Hall–Kier alpha value is -1.40. The van der Waals surface area contributed by atoms with Crippen LogP contribution in [0.15, 0.2) is 29.3 Å². The third-order valence-electron chi connectivity index (χ3n) is 5.09. The molecule has 0 amide bonds. The molecule has 25 heavy (non-hydrogen) atoms. The van der Waals surface area contributed by atoms with E-state index in [1.54, 1.807) is 7.11 Å². The lowest BCUT2D eigenvalue weighted by Gasteiger charge is -2.35. The molecule has 0 spiro atoms. The highest BCUT2D eigenvalue weighted by molar-refractivity contribution is 7.99. The van der Waals surface area contributed by atoms with Crippen molar-refractivity contribution >= 4 is 17.7 Å². The highest BCUT2D eigenvalue weighted by Crippen LogP contribution is 2.31. The first kappa shape index (κ1) is 18.4. The van der Waals surface area contributed by atoms with E-state index in [4.69, 9.17) is 15.5 Å². The molecular weight excluding hydrogens is 332 g/mol. The number of para-hydroxylation sites is 1. The number of rotatable bonds is 5. The van der Waals surface area contributed by atoms with E-state index in [2.05, 4.69) is 21.9 Å². The van der Waals surface area contributed by atoms with Crippen LogP contribution in [0.3, 0.4) is 0 Å². The van der Waals surface area contributed by atoms with E-state index < -0.39 is 0 Å². The van der Waals surface area contributed by atoms with Crippen LogP contribution in [0.5, 0.6) is 5.75 Å². The summed E-state index contributed by atoms with van der Waals surface area (Å²) >= 11 is 1.99. The van der Waals surface area contributed by atoms with Crippen molar-refractivity contribution in [2.45, 2.75) is 25.3 Å². The molecule has 2 N–H and O–H groups in total. The number of hydrogen-bond acceptors (Lipinski definition) is 4. The lowest BCUT2D eigenvalue weighted by atomic mass is 10.0. The molecule has 2 fully saturated rings. The zero-order valence-electron chi connectivity index (χ0n) is 15.2. The van der Waals surface area contributed by atoms with E-state index in [1.807, 2.05) is 23.9 Å². The second-order valence-electron chi connectivity index (χ2n) is 6.65. The predicted molar refractivity (Wildman–Crippen MR) is 107 cm³/mol. The van der Waals surface area contributed by atoms with Crippen molar-refractivity contribution < 1.29 is 4.74 Å². The number of aliphatic imine (C=N–C) groups is 1. The minimum absolute atomic E-state index is 0.231. The lowest BCUT2D eigenvalue weighted by Crippen LogP contribution is -2.43. The van der Waals surface area contributed by atoms with Crippen molar-refractivity contribution in [2.75, 3.05) is 51.3 Å². The molecule has 3 rings (SSSR count). The summed E-state index contributed by atoms with van der Waals surface area (Å²) in [5.74, 6) is 3.91. The number of guanidine groups is 1. The first-order valence-electron chi connectivity index (χ1n) is 9.29. The van der Waals surface area contributed by atoms with Crippen LogP contribution in [0.1, 0.15) is 30.9 Å². The maximum absolute atomic E-state index is 6.29. The molecule has 2 aliphatic rings. The number of hydrogen-bond donors (Lipinski definition) is 1. The van der Waals surface area contributed by atoms with Crippen LogP contribution < -0.4 is 10.5 Å². The average molecular weight is 363 g/mol. The van der Waals surface area contributed by atoms with Gasteiger partial charge in [-0.05, 0) is 32.0 Å². The maximum Gasteiger partial charge on any atom is 0.191 e. The molecule has 0 aliphatic carbocycles. The maximum atomic E-state index is 6.29. The van der Waals surface area contributed by atoms with Gasteiger partial charge in [0.2, 0.25) is 0 Å². The quantitative estimate of drug-likeness (QED) is 0.644. The molecule has 0 aromatic heterocycles. The molecule has 6 heteroatoms. The van der Waals surface area contributed by atoms with Gasteiger partial charge < -0.3 is 15.4 Å². The van der Waals surface area contributed by atoms with Gasteiger partial charge in [0.15, 0.2) is 5.96 Å². The summed E-state index contributed by atoms with van der Waals surface area (Å²) in [5, 5.41) is 0. The highest BCUT2D eigenvalue weighted by atomic mass is 32.2. The zero-order chi connectivity index (χ0) is 17.5. The SMILES string of the molecule is COc1ccccc1C(CN=C(N)N1CCSCC1)N1CCCCC1. The molecule has 5 nitrogen and oxygen atoms in total. The smallest absolute Gasteiger partial charge is 0.191 e. The van der Waals surface area contributed by atoms with E-state index in [-0.39, 0.29) is 6.04 Å². The van der Waals surface area contributed by atoms with Crippen LogP contribution in [0.2, 0.25) is 0 Å². The van der Waals surface area contributed by atoms with Gasteiger partial charge in [-0.25, -0.2) is 0 Å². The third kappa shape index (κ3) is 4.82. The van der Waals surface area contributed by atoms with Gasteiger partial charge in [0, 0.05) is 30.2 Å². The zero-order valence-corrected chi connectivity index (χ0v) is 16.0. The van der Waals surface area contributed by atoms with Crippen LogP contribution in [0, 0.1) is 0 Å². The van der Waals surface area contributed by atoms with E-state index in [1.165, 1.54) is 24.8 Å². The topological polar surface area (TPSA) is 54.1 Å². The Morgan fingerprint density at radius 1 is 1.16 bits per heavy atom. The molecule has 1 unspecified atom stereocenters. The molecule has 2 heterocycles. The van der Waals surface area contributed by atoms with E-state index >= 15 is 0 Å². The van der Waals surface area contributed by atoms with Gasteiger partial charge >= 0.3 is 0 Å². The standard InChI is InChI=1S/C19H30N4OS/c1-24-18-8-4-3-7-16(18)17(22-9-5-2-6-10-22)15-21-19(20)23-11-13-25-14-12-23/h3-4,7-8,17H,2,5-6,9-15H2,1H3,(H2,20,21). The van der Waals surface area contributed by atoms with Crippen LogP contribution >= 0.6 is 11.8 Å². The van der Waals surface area contributed by atoms with E-state index in [9.17, 15) is 0 Å². The number of likely N-dealkylation sites (tertiary alicyclic amines) is 1. The van der Waals surface area contributed by atoms with Gasteiger partial charge in [-0.2, -0.15) is 11.8 Å². The number of nitrogens with zero attached hydrogens (tertiary/aromatic N) is 3. The minimum Gasteiger partial charge on any atom is -0.496 e. The largest absolute Gasteiger partial charge is 0.496 e. The van der Waals surface area contributed by atoms with Crippen molar-refractivity contribution in [2.24, 2.45) is 10.7 Å². The van der Waals surface area contributed by atoms with Crippen molar-refractivity contribution in [1.82, 2.24) is 9.80 Å². The van der Waals surface area contributed by atoms with Crippen molar-refractivity contribution in [1.29, 1.82) is 0 Å². The second-order valence-corrected chi connectivity index (χ2v) is 7.88. The van der Waals surface area contributed by atoms with Crippen LogP contribution in [0.4, 0.5) is 0 Å². The number of nitrogens with two attached hydrogens (primary N) is 1. The van der Waals surface area contributed by atoms with Crippen molar-refractivity contribution in [3.05, 3.63) is 29.8 Å². The molecule has 0 saturated carbocycles. The van der Waals surface area contributed by atoms with Gasteiger partial charge in [-0.15, -0.1) is 0 Å². The molecule has 138 valence electrons. The van der Waals surface area contributed by atoms with E-state index in [0.29, 0.717) is 12.5 Å². The number of methoxy groups -OCH3 is 1. The summed E-state index contributed by atoms with van der Waals surface area (Å²) in [6, 6.07) is 8.56. The summed E-state index contributed by atoms with van der Waals surface area (Å²) in [6.07, 6.45) is 3.84. The molecule has 1 aromatic rings. The van der Waals surface area contributed by atoms with Crippen LogP contribution in [0.25, 0.3) is 0 Å². The summed E-state index contributed by atoms with van der Waals surface area (Å²) in [5.41, 5.74) is 7.51. The Labute approximate surface area is 155 Å². The molecule has 1 aromatic carbocycles. The van der Waals surface area contributed by atoms with Gasteiger partial charge in [-0.3, -0.25) is 9.89 Å². The summed E-state index contributed by atoms with van der Waals surface area (Å²) in [4.78, 5) is 9.55. The van der Waals surface area contributed by atoms with Crippen LogP contribution in [-0.4, -0.2) is 67.1 Å². The number of ether oxygens (including phenoxy) is 1. The Morgan fingerprint density at radius 2 is 1.88 bits per heavy atom. The molecule has 1 atom stereocenters. The predicted octanol–water partition coefficient (Wildman–Crippen LogP) is 2.59. The summed E-state index contributed by atoms with van der Waals surface area (Å²) in [7, 11) is 1.75. The van der Waals surface area contributed by atoms with Crippen molar-refractivity contribution in [3.63, 3.8) is 0 Å². The first-order chi connectivity index (χ1) is 12.3.